The van der Waals surface area contributed by atoms with Crippen LogP contribution in [0.3, 0.4) is 0 Å². The van der Waals surface area contributed by atoms with E-state index in [4.69, 9.17) is 18.9 Å². The molecule has 18 heteroatoms. The lowest BCUT2D eigenvalue weighted by molar-refractivity contribution is -0.132. The van der Waals surface area contributed by atoms with E-state index < -0.39 is 74.4 Å². The van der Waals surface area contributed by atoms with E-state index in [-0.39, 0.29) is 19.5 Å². The molecule has 3 rings (SSSR count). The zero-order chi connectivity index (χ0) is 40.2. The fourth-order valence-electron chi connectivity index (χ4n) is 5.61. The largest absolute Gasteiger partial charge is 0.534 e. The number of carbonyl (C=O) groups excluding carboxylic acids is 3. The van der Waals surface area contributed by atoms with Crippen LogP contribution in [0.25, 0.3) is 0 Å². The fourth-order valence-corrected chi connectivity index (χ4v) is 6.07. The zero-order valence-corrected chi connectivity index (χ0v) is 32.3. The van der Waals surface area contributed by atoms with Gasteiger partial charge < -0.3 is 28.4 Å². The standard InChI is InChI=1S/C35H49F3N4O10S/c1-32(2,3)28(39-30(44)49-10)29(43)40-41(20-23-13-15-24(48-9)16-14-23)21-27-26(42(34(7,8)50-27)31(45)51-33(4,5)6)19-22-11-17-25(18-12-22)52-53(46,47)35(36,37)38/h11-18,26-28H,19-21H2,1-10H3,(H,39,44)(H,40,43)/t26-,27-,28+/m0/s1. The number of amides is 3. The number of hydrogen-bond donors (Lipinski definition) is 2. The average Bonchev–Trinajstić information content (AvgIpc) is 3.26. The summed E-state index contributed by atoms with van der Waals surface area (Å²) in [5, 5.41) is 4.17. The Bertz CT molecular complexity index is 1690. The predicted molar refractivity (Wildman–Crippen MR) is 187 cm³/mol. The highest BCUT2D eigenvalue weighted by atomic mass is 32.2. The minimum Gasteiger partial charge on any atom is -0.497 e. The minimum absolute atomic E-state index is 0.00866. The Hall–Kier alpha value is -4.29. The van der Waals surface area contributed by atoms with Gasteiger partial charge in [0, 0.05) is 13.1 Å². The summed E-state index contributed by atoms with van der Waals surface area (Å²) in [5.74, 6) is -0.503. The van der Waals surface area contributed by atoms with E-state index in [1.54, 1.807) is 84.7 Å². The Balaban J connectivity index is 2.04. The predicted octanol–water partition coefficient (Wildman–Crippen LogP) is 5.51. The van der Waals surface area contributed by atoms with Crippen LogP contribution in [0.5, 0.6) is 11.5 Å². The molecule has 1 saturated heterocycles. The van der Waals surface area contributed by atoms with Crippen molar-refractivity contribution < 1.29 is 59.1 Å². The van der Waals surface area contributed by atoms with Crippen LogP contribution in [0.4, 0.5) is 22.8 Å². The van der Waals surface area contributed by atoms with Gasteiger partial charge >= 0.3 is 27.8 Å². The van der Waals surface area contributed by atoms with Crippen molar-refractivity contribution in [1.29, 1.82) is 0 Å². The van der Waals surface area contributed by atoms with Crippen LogP contribution in [-0.4, -0.2) is 92.2 Å². The van der Waals surface area contributed by atoms with Crippen LogP contribution in [0.15, 0.2) is 48.5 Å². The first-order valence-corrected chi connectivity index (χ1v) is 18.0. The lowest BCUT2D eigenvalue weighted by Crippen LogP contribution is -2.58. The van der Waals surface area contributed by atoms with Crippen molar-refractivity contribution in [3.05, 3.63) is 59.7 Å². The van der Waals surface area contributed by atoms with E-state index in [1.807, 2.05) is 0 Å². The number of alkyl carbamates (subject to hydrolysis) is 1. The average molecular weight is 775 g/mol. The van der Waals surface area contributed by atoms with E-state index in [0.29, 0.717) is 11.3 Å². The second kappa shape index (κ2) is 16.4. The molecule has 3 amide bonds. The molecule has 0 aliphatic carbocycles. The normalized spacial score (nSPS) is 18.3. The first-order chi connectivity index (χ1) is 24.3. The van der Waals surface area contributed by atoms with Crippen LogP contribution in [0.1, 0.15) is 66.5 Å². The quantitative estimate of drug-likeness (QED) is 0.159. The number of halogens is 3. The summed E-state index contributed by atoms with van der Waals surface area (Å²) >= 11 is 0. The molecule has 0 bridgehead atoms. The minimum atomic E-state index is -5.89. The molecule has 1 aliphatic heterocycles. The summed E-state index contributed by atoms with van der Waals surface area (Å²) < 4.78 is 88.4. The van der Waals surface area contributed by atoms with Crippen LogP contribution in [-0.2, 0) is 42.1 Å². The number of nitrogens with zero attached hydrogens (tertiary/aromatic N) is 2. The topological polar surface area (TPSA) is 162 Å². The molecule has 1 heterocycles. The van der Waals surface area contributed by atoms with Gasteiger partial charge in [-0.05, 0) is 81.8 Å². The third-order valence-electron chi connectivity index (χ3n) is 8.01. The van der Waals surface area contributed by atoms with Gasteiger partial charge in [-0.2, -0.15) is 21.6 Å². The molecular formula is C35H49F3N4O10S. The molecule has 1 fully saturated rings. The number of hydrazine groups is 1. The van der Waals surface area contributed by atoms with Gasteiger partial charge in [0.2, 0.25) is 0 Å². The molecule has 14 nitrogen and oxygen atoms in total. The number of rotatable bonds is 12. The third-order valence-corrected chi connectivity index (χ3v) is 8.98. The van der Waals surface area contributed by atoms with Gasteiger partial charge in [0.25, 0.3) is 5.91 Å². The molecule has 1 aliphatic rings. The Morgan fingerprint density at radius 2 is 1.47 bits per heavy atom. The van der Waals surface area contributed by atoms with E-state index in [2.05, 4.69) is 14.9 Å². The summed E-state index contributed by atoms with van der Waals surface area (Å²) in [6, 6.07) is 10.2. The molecule has 3 atom stereocenters. The van der Waals surface area contributed by atoms with Gasteiger partial charge in [0.15, 0.2) is 0 Å². The molecule has 0 spiro atoms. The highest BCUT2D eigenvalue weighted by Crippen LogP contribution is 2.37. The summed E-state index contributed by atoms with van der Waals surface area (Å²) in [4.78, 5) is 41.2. The van der Waals surface area contributed by atoms with Crippen LogP contribution < -0.4 is 19.7 Å². The van der Waals surface area contributed by atoms with Gasteiger partial charge in [-0.1, -0.05) is 45.0 Å². The molecule has 296 valence electrons. The second-order valence-electron chi connectivity index (χ2n) is 15.0. The van der Waals surface area contributed by atoms with E-state index in [0.717, 1.165) is 17.7 Å². The number of carbonyl (C=O) groups is 3. The summed E-state index contributed by atoms with van der Waals surface area (Å²) in [6.45, 7) is 13.9. The van der Waals surface area contributed by atoms with E-state index in [1.165, 1.54) is 31.3 Å². The Morgan fingerprint density at radius 1 is 0.925 bits per heavy atom. The highest BCUT2D eigenvalue weighted by molar-refractivity contribution is 7.88. The number of alkyl halides is 3. The monoisotopic (exact) mass is 774 g/mol. The van der Waals surface area contributed by atoms with Crippen molar-refractivity contribution in [2.24, 2.45) is 5.41 Å². The van der Waals surface area contributed by atoms with Crippen LogP contribution in [0, 0.1) is 5.41 Å². The zero-order valence-electron chi connectivity index (χ0n) is 31.5. The van der Waals surface area contributed by atoms with Crippen molar-refractivity contribution in [2.75, 3.05) is 20.8 Å². The lowest BCUT2D eigenvalue weighted by Gasteiger charge is -2.35. The first-order valence-electron chi connectivity index (χ1n) is 16.6. The third kappa shape index (κ3) is 11.9. The molecular weight excluding hydrogens is 725 g/mol. The number of benzene rings is 2. The first kappa shape index (κ1) is 43.1. The van der Waals surface area contributed by atoms with Crippen LogP contribution in [0.2, 0.25) is 0 Å². The lowest BCUT2D eigenvalue weighted by atomic mass is 9.86. The number of hydrogen-bond acceptors (Lipinski definition) is 11. The van der Waals surface area contributed by atoms with E-state index >= 15 is 0 Å². The van der Waals surface area contributed by atoms with Crippen molar-refractivity contribution in [3.8, 4) is 11.5 Å². The maximum atomic E-state index is 13.8. The van der Waals surface area contributed by atoms with Crippen molar-refractivity contribution in [3.63, 3.8) is 0 Å². The van der Waals surface area contributed by atoms with Crippen molar-refractivity contribution in [1.82, 2.24) is 20.7 Å². The van der Waals surface area contributed by atoms with Gasteiger partial charge in [0.05, 0.1) is 26.4 Å². The SMILES string of the molecule is COC(=O)N[C@H](C(=O)NN(Cc1ccc(OC)cc1)C[C@@H]1OC(C)(C)N(C(=O)OC(C)(C)C)[C@H]1Cc1ccc(OS(=O)(=O)C(F)(F)F)cc1)C(C)(C)C. The Morgan fingerprint density at radius 3 is 1.96 bits per heavy atom. The maximum absolute atomic E-state index is 13.8. The number of nitrogens with one attached hydrogen (secondary N) is 2. The number of methoxy groups -OCH3 is 2. The summed E-state index contributed by atoms with van der Waals surface area (Å²) in [6.07, 6.45) is -2.26. The molecule has 0 saturated carbocycles. The molecule has 53 heavy (non-hydrogen) atoms. The van der Waals surface area contributed by atoms with Crippen LogP contribution >= 0.6 is 0 Å². The Kier molecular flexibility index (Phi) is 13.3. The molecule has 2 aromatic carbocycles. The van der Waals surface area contributed by atoms with Gasteiger partial charge in [0.1, 0.15) is 28.9 Å². The second-order valence-corrected chi connectivity index (χ2v) is 16.5. The smallest absolute Gasteiger partial charge is 0.497 e. The molecule has 0 unspecified atom stereocenters. The molecule has 0 radical (unpaired) electrons. The van der Waals surface area contributed by atoms with E-state index in [9.17, 15) is 36.0 Å². The van der Waals surface area contributed by atoms with Gasteiger partial charge in [-0.3, -0.25) is 15.1 Å². The van der Waals surface area contributed by atoms with Crippen molar-refractivity contribution in [2.45, 2.75) is 103 Å². The maximum Gasteiger partial charge on any atom is 0.534 e. The van der Waals surface area contributed by atoms with Gasteiger partial charge in [-0.25, -0.2) is 14.6 Å². The summed E-state index contributed by atoms with van der Waals surface area (Å²) in [7, 11) is -3.18. The highest BCUT2D eigenvalue weighted by Gasteiger charge is 2.52. The molecule has 0 aromatic heterocycles. The fraction of sp³-hybridized carbons (Fsp3) is 0.571. The van der Waals surface area contributed by atoms with Crippen molar-refractivity contribution >= 4 is 28.2 Å². The number of ether oxygens (including phenoxy) is 4. The Labute approximate surface area is 308 Å². The molecule has 2 N–H and O–H groups in total. The van der Waals surface area contributed by atoms with Gasteiger partial charge in [-0.15, -0.1) is 0 Å². The molecule has 2 aromatic rings. The summed E-state index contributed by atoms with van der Waals surface area (Å²) in [5.41, 5.74) is -4.34.